The SMILES string of the molecule is Cc1cc(C)cc(N(CC(=O)Nc2ccc(OC3CCCC3)cc2)S(=O)(=O)c2ccccc2)c1. The highest BCUT2D eigenvalue weighted by Gasteiger charge is 2.27. The van der Waals surface area contributed by atoms with E-state index in [1.165, 1.54) is 25.0 Å². The van der Waals surface area contributed by atoms with Crippen molar-refractivity contribution in [3.05, 3.63) is 83.9 Å². The number of benzene rings is 3. The molecule has 1 fully saturated rings. The number of anilines is 2. The molecule has 1 N–H and O–H groups in total. The Balaban J connectivity index is 1.53. The molecule has 6 nitrogen and oxygen atoms in total. The van der Waals surface area contributed by atoms with Gasteiger partial charge < -0.3 is 10.1 Å². The molecule has 34 heavy (non-hydrogen) atoms. The minimum absolute atomic E-state index is 0.135. The molecule has 3 aromatic rings. The normalized spacial score (nSPS) is 14.1. The summed E-state index contributed by atoms with van der Waals surface area (Å²) in [5, 5.41) is 2.82. The maximum atomic E-state index is 13.5. The summed E-state index contributed by atoms with van der Waals surface area (Å²) < 4.78 is 34.1. The maximum absolute atomic E-state index is 13.5. The predicted molar refractivity (Wildman–Crippen MR) is 135 cm³/mol. The second kappa shape index (κ2) is 10.3. The minimum atomic E-state index is -3.94. The molecule has 0 heterocycles. The summed E-state index contributed by atoms with van der Waals surface area (Å²) in [6.45, 7) is 3.46. The van der Waals surface area contributed by atoms with Crippen molar-refractivity contribution in [1.29, 1.82) is 0 Å². The first-order valence-electron chi connectivity index (χ1n) is 11.5. The summed E-state index contributed by atoms with van der Waals surface area (Å²) in [5.74, 6) is 0.344. The van der Waals surface area contributed by atoms with Crippen LogP contribution in [0.4, 0.5) is 11.4 Å². The van der Waals surface area contributed by atoms with Crippen molar-refractivity contribution in [1.82, 2.24) is 0 Å². The van der Waals surface area contributed by atoms with Gasteiger partial charge in [-0.15, -0.1) is 0 Å². The average molecular weight is 479 g/mol. The Labute approximate surface area is 201 Å². The van der Waals surface area contributed by atoms with E-state index in [-0.39, 0.29) is 17.5 Å². The van der Waals surface area contributed by atoms with Crippen LogP contribution < -0.4 is 14.4 Å². The molecule has 0 atom stereocenters. The fourth-order valence-electron chi connectivity index (χ4n) is 4.28. The quantitative estimate of drug-likeness (QED) is 0.467. The fourth-order valence-corrected chi connectivity index (χ4v) is 5.70. The van der Waals surface area contributed by atoms with Crippen molar-refractivity contribution >= 4 is 27.3 Å². The van der Waals surface area contributed by atoms with Crippen LogP contribution in [0.1, 0.15) is 36.8 Å². The summed E-state index contributed by atoms with van der Waals surface area (Å²) in [4.78, 5) is 13.1. The monoisotopic (exact) mass is 478 g/mol. The van der Waals surface area contributed by atoms with Gasteiger partial charge in [-0.25, -0.2) is 8.42 Å². The van der Waals surface area contributed by atoms with Gasteiger partial charge in [-0.1, -0.05) is 24.3 Å². The molecule has 0 aliphatic heterocycles. The number of ether oxygens (including phenoxy) is 1. The number of aryl methyl sites for hydroxylation is 2. The molecule has 0 unspecified atom stereocenters. The average Bonchev–Trinajstić information content (AvgIpc) is 3.32. The molecule has 1 aliphatic rings. The van der Waals surface area contributed by atoms with Gasteiger partial charge in [0.25, 0.3) is 10.0 Å². The van der Waals surface area contributed by atoms with Crippen molar-refractivity contribution in [2.75, 3.05) is 16.2 Å². The van der Waals surface area contributed by atoms with Crippen molar-refractivity contribution < 1.29 is 17.9 Å². The first-order chi connectivity index (χ1) is 16.3. The second-order valence-electron chi connectivity index (χ2n) is 8.77. The Hall–Kier alpha value is -3.32. The Morgan fingerprint density at radius 3 is 2.18 bits per heavy atom. The molecule has 3 aromatic carbocycles. The van der Waals surface area contributed by atoms with Gasteiger partial charge >= 0.3 is 0 Å². The second-order valence-corrected chi connectivity index (χ2v) is 10.6. The molecule has 178 valence electrons. The maximum Gasteiger partial charge on any atom is 0.264 e. The molecular weight excluding hydrogens is 448 g/mol. The van der Waals surface area contributed by atoms with Crippen LogP contribution in [0.5, 0.6) is 5.75 Å². The smallest absolute Gasteiger partial charge is 0.264 e. The number of hydrogen-bond acceptors (Lipinski definition) is 4. The number of rotatable bonds is 8. The van der Waals surface area contributed by atoms with Gasteiger partial charge in [0.05, 0.1) is 16.7 Å². The van der Waals surface area contributed by atoms with Crippen molar-refractivity contribution in [3.8, 4) is 5.75 Å². The summed E-state index contributed by atoms with van der Waals surface area (Å²) in [6.07, 6.45) is 4.80. The Bertz CT molecular complexity index is 1220. The van der Waals surface area contributed by atoms with Crippen LogP contribution in [0.25, 0.3) is 0 Å². The van der Waals surface area contributed by atoms with Gasteiger partial charge in [-0.05, 0) is 99.2 Å². The first-order valence-corrected chi connectivity index (χ1v) is 13.0. The van der Waals surface area contributed by atoms with Crippen LogP contribution in [0.3, 0.4) is 0 Å². The van der Waals surface area contributed by atoms with Crippen LogP contribution in [0.15, 0.2) is 77.7 Å². The highest BCUT2D eigenvalue weighted by Crippen LogP contribution is 2.27. The number of amides is 1. The molecule has 0 spiro atoms. The third-order valence-corrected chi connectivity index (χ3v) is 7.64. The highest BCUT2D eigenvalue weighted by atomic mass is 32.2. The van der Waals surface area contributed by atoms with Crippen LogP contribution in [-0.2, 0) is 14.8 Å². The lowest BCUT2D eigenvalue weighted by Crippen LogP contribution is -2.38. The molecule has 0 radical (unpaired) electrons. The Kier molecular flexibility index (Phi) is 7.22. The third-order valence-electron chi connectivity index (χ3n) is 5.86. The number of sulfonamides is 1. The van der Waals surface area contributed by atoms with E-state index in [1.807, 2.05) is 32.0 Å². The van der Waals surface area contributed by atoms with Crippen LogP contribution in [0, 0.1) is 13.8 Å². The van der Waals surface area contributed by atoms with Gasteiger partial charge in [0.2, 0.25) is 5.91 Å². The van der Waals surface area contributed by atoms with Crippen LogP contribution >= 0.6 is 0 Å². The lowest BCUT2D eigenvalue weighted by molar-refractivity contribution is -0.114. The molecule has 0 bridgehead atoms. The van der Waals surface area contributed by atoms with E-state index in [0.29, 0.717) is 11.4 Å². The molecule has 0 aromatic heterocycles. The number of nitrogens with one attached hydrogen (secondary N) is 1. The zero-order chi connectivity index (χ0) is 24.1. The summed E-state index contributed by atoms with van der Waals surface area (Å²) in [7, 11) is -3.94. The lowest BCUT2D eigenvalue weighted by atomic mass is 10.1. The van der Waals surface area contributed by atoms with E-state index in [0.717, 1.165) is 34.0 Å². The van der Waals surface area contributed by atoms with Crippen molar-refractivity contribution in [2.45, 2.75) is 50.5 Å². The predicted octanol–water partition coefficient (Wildman–Crippen LogP) is 5.46. The zero-order valence-electron chi connectivity index (χ0n) is 19.5. The standard InChI is InChI=1S/C27H30N2O4S/c1-20-16-21(2)18-23(17-20)29(34(31,32)26-10-4-3-5-11-26)19-27(30)28-22-12-14-25(15-13-22)33-24-8-6-7-9-24/h3-5,10-18,24H,6-9,19H2,1-2H3,(H,28,30). The van der Waals surface area contributed by atoms with Gasteiger partial charge in [-0.3, -0.25) is 9.10 Å². The molecule has 1 saturated carbocycles. The molecule has 1 aliphatic carbocycles. The van der Waals surface area contributed by atoms with Gasteiger partial charge in [0, 0.05) is 5.69 Å². The minimum Gasteiger partial charge on any atom is -0.490 e. The van der Waals surface area contributed by atoms with Gasteiger partial charge in [0.1, 0.15) is 12.3 Å². The molecule has 0 saturated heterocycles. The van der Waals surface area contributed by atoms with E-state index < -0.39 is 15.9 Å². The van der Waals surface area contributed by atoms with Crippen molar-refractivity contribution in [3.63, 3.8) is 0 Å². The fraction of sp³-hybridized carbons (Fsp3) is 0.296. The summed E-state index contributed by atoms with van der Waals surface area (Å²) in [5.41, 5.74) is 2.88. The zero-order valence-corrected chi connectivity index (χ0v) is 20.3. The summed E-state index contributed by atoms with van der Waals surface area (Å²) >= 11 is 0. The molecular formula is C27H30N2O4S. The number of carbonyl (C=O) groups is 1. The van der Waals surface area contributed by atoms with E-state index in [1.54, 1.807) is 42.5 Å². The van der Waals surface area contributed by atoms with Gasteiger partial charge in [0.15, 0.2) is 0 Å². The van der Waals surface area contributed by atoms with Gasteiger partial charge in [-0.2, -0.15) is 0 Å². The number of carbonyl (C=O) groups excluding carboxylic acids is 1. The summed E-state index contributed by atoms with van der Waals surface area (Å²) in [6, 6.07) is 20.9. The number of hydrogen-bond donors (Lipinski definition) is 1. The van der Waals surface area contributed by atoms with Crippen molar-refractivity contribution in [2.24, 2.45) is 0 Å². The molecule has 4 rings (SSSR count). The Morgan fingerprint density at radius 1 is 0.941 bits per heavy atom. The van der Waals surface area contributed by atoms with E-state index >= 15 is 0 Å². The van der Waals surface area contributed by atoms with Crippen LogP contribution in [-0.4, -0.2) is 27.0 Å². The molecule has 7 heteroatoms. The first kappa shape index (κ1) is 23.8. The van der Waals surface area contributed by atoms with Crippen LogP contribution in [0.2, 0.25) is 0 Å². The lowest BCUT2D eigenvalue weighted by Gasteiger charge is -2.25. The molecule has 1 amide bonds. The Morgan fingerprint density at radius 2 is 1.56 bits per heavy atom. The highest BCUT2D eigenvalue weighted by molar-refractivity contribution is 7.92. The van der Waals surface area contributed by atoms with E-state index in [4.69, 9.17) is 4.74 Å². The van der Waals surface area contributed by atoms with E-state index in [2.05, 4.69) is 5.32 Å². The third kappa shape index (κ3) is 5.78. The number of nitrogens with zero attached hydrogens (tertiary/aromatic N) is 1. The van der Waals surface area contributed by atoms with E-state index in [9.17, 15) is 13.2 Å². The largest absolute Gasteiger partial charge is 0.490 e. The topological polar surface area (TPSA) is 75.7 Å².